The van der Waals surface area contributed by atoms with Crippen molar-refractivity contribution < 1.29 is 19.6 Å². The van der Waals surface area contributed by atoms with Crippen molar-refractivity contribution in [1.82, 2.24) is 0 Å². The second-order valence-corrected chi connectivity index (χ2v) is 4.54. The molecular formula is C11H9ClN2O5. The first-order chi connectivity index (χ1) is 8.90. The Kier molecular flexibility index (Phi) is 3.39. The van der Waals surface area contributed by atoms with Crippen LogP contribution in [0.15, 0.2) is 18.2 Å². The molecule has 0 radical (unpaired) electrons. The van der Waals surface area contributed by atoms with Gasteiger partial charge in [0.25, 0.3) is 5.69 Å². The zero-order chi connectivity index (χ0) is 14.2. The number of amides is 1. The largest absolute Gasteiger partial charge is 0.481 e. The highest BCUT2D eigenvalue weighted by molar-refractivity contribution is 6.34. The fourth-order valence-electron chi connectivity index (χ4n) is 1.93. The number of hydrogen-bond acceptors (Lipinski definition) is 4. The predicted octanol–water partition coefficient (Wildman–Crippen LogP) is 1.69. The smallest absolute Gasteiger partial charge is 0.308 e. The average Bonchev–Trinajstić information content (AvgIpc) is 2.71. The summed E-state index contributed by atoms with van der Waals surface area (Å²) in [7, 11) is 0. The van der Waals surface area contributed by atoms with Gasteiger partial charge in [0.2, 0.25) is 5.91 Å². The van der Waals surface area contributed by atoms with Crippen LogP contribution in [-0.2, 0) is 9.59 Å². The summed E-state index contributed by atoms with van der Waals surface area (Å²) in [5.41, 5.74) is 0.108. The van der Waals surface area contributed by atoms with Crippen LogP contribution in [-0.4, -0.2) is 28.5 Å². The summed E-state index contributed by atoms with van der Waals surface area (Å²) in [6.45, 7) is 0.0195. The quantitative estimate of drug-likeness (QED) is 0.672. The molecule has 0 aromatic heterocycles. The topological polar surface area (TPSA) is 101 Å². The molecule has 0 aliphatic carbocycles. The third-order valence-corrected chi connectivity index (χ3v) is 3.21. The van der Waals surface area contributed by atoms with Crippen molar-refractivity contribution in [2.75, 3.05) is 11.4 Å². The molecule has 1 saturated heterocycles. The second kappa shape index (κ2) is 4.85. The molecule has 1 atom stereocenters. The molecule has 7 nitrogen and oxygen atoms in total. The van der Waals surface area contributed by atoms with Crippen molar-refractivity contribution in [3.8, 4) is 0 Å². The molecule has 0 bridgehead atoms. The Morgan fingerprint density at radius 2 is 2.21 bits per heavy atom. The van der Waals surface area contributed by atoms with Crippen molar-refractivity contribution in [3.63, 3.8) is 0 Å². The number of anilines is 1. The predicted molar refractivity (Wildman–Crippen MR) is 66.2 cm³/mol. The number of carboxylic acid groups (broad SMARTS) is 1. The monoisotopic (exact) mass is 284 g/mol. The fourth-order valence-corrected chi connectivity index (χ4v) is 2.21. The number of carbonyl (C=O) groups is 2. The minimum atomic E-state index is -1.05. The number of halogens is 1. The lowest BCUT2D eigenvalue weighted by Gasteiger charge is -2.17. The van der Waals surface area contributed by atoms with E-state index in [0.29, 0.717) is 5.69 Å². The van der Waals surface area contributed by atoms with Crippen LogP contribution in [0.1, 0.15) is 6.42 Å². The summed E-state index contributed by atoms with van der Waals surface area (Å²) >= 11 is 5.90. The van der Waals surface area contributed by atoms with Crippen molar-refractivity contribution in [1.29, 1.82) is 0 Å². The second-order valence-electron chi connectivity index (χ2n) is 4.14. The molecule has 1 heterocycles. The summed E-state index contributed by atoms with van der Waals surface area (Å²) in [5, 5.41) is 19.5. The molecule has 0 spiro atoms. The number of carboxylic acids is 1. The van der Waals surface area contributed by atoms with Gasteiger partial charge in [-0.05, 0) is 6.07 Å². The third kappa shape index (κ3) is 2.50. The maximum Gasteiger partial charge on any atom is 0.308 e. The number of nitro benzene ring substituents is 1. The van der Waals surface area contributed by atoms with Crippen LogP contribution < -0.4 is 4.90 Å². The van der Waals surface area contributed by atoms with Gasteiger partial charge in [0.15, 0.2) is 0 Å². The van der Waals surface area contributed by atoms with E-state index in [2.05, 4.69) is 0 Å². The molecule has 1 aromatic rings. The number of carbonyl (C=O) groups excluding carboxylic acids is 1. The summed E-state index contributed by atoms with van der Waals surface area (Å²) in [4.78, 5) is 33.8. The summed E-state index contributed by atoms with van der Waals surface area (Å²) in [5.74, 6) is -2.18. The molecule has 1 unspecified atom stereocenters. The lowest BCUT2D eigenvalue weighted by Crippen LogP contribution is -2.26. The lowest BCUT2D eigenvalue weighted by atomic mass is 10.1. The van der Waals surface area contributed by atoms with Crippen molar-refractivity contribution in [3.05, 3.63) is 33.3 Å². The highest BCUT2D eigenvalue weighted by Gasteiger charge is 2.36. The summed E-state index contributed by atoms with van der Waals surface area (Å²) in [6, 6.07) is 3.71. The molecule has 1 aliphatic rings. The van der Waals surface area contributed by atoms with Crippen molar-refractivity contribution in [2.24, 2.45) is 5.92 Å². The highest BCUT2D eigenvalue weighted by Crippen LogP contribution is 2.33. The van der Waals surface area contributed by atoms with Crippen molar-refractivity contribution in [2.45, 2.75) is 6.42 Å². The van der Waals surface area contributed by atoms with Gasteiger partial charge in [0.1, 0.15) is 0 Å². The van der Waals surface area contributed by atoms with Crippen LogP contribution in [0, 0.1) is 16.0 Å². The molecule has 1 amide bonds. The Balaban J connectivity index is 2.30. The Bertz CT molecular complexity index is 574. The maximum atomic E-state index is 11.7. The normalized spacial score (nSPS) is 18.7. The Hall–Kier alpha value is -2.15. The Morgan fingerprint density at radius 3 is 2.68 bits per heavy atom. The van der Waals surface area contributed by atoms with Crippen LogP contribution >= 0.6 is 11.6 Å². The number of benzene rings is 1. The van der Waals surface area contributed by atoms with Gasteiger partial charge in [-0.15, -0.1) is 0 Å². The third-order valence-electron chi connectivity index (χ3n) is 2.91. The van der Waals surface area contributed by atoms with Gasteiger partial charge in [0, 0.05) is 25.1 Å². The molecule has 100 valence electrons. The zero-order valence-corrected chi connectivity index (χ0v) is 10.3. The van der Waals surface area contributed by atoms with E-state index in [1.165, 1.54) is 17.0 Å². The minimum absolute atomic E-state index is 0.0195. The van der Waals surface area contributed by atoms with E-state index in [9.17, 15) is 19.7 Å². The summed E-state index contributed by atoms with van der Waals surface area (Å²) in [6.07, 6.45) is -0.0946. The van der Waals surface area contributed by atoms with Gasteiger partial charge >= 0.3 is 5.97 Å². The number of nitrogens with zero attached hydrogens (tertiary/aromatic N) is 2. The number of aliphatic carboxylic acids is 1. The molecule has 8 heteroatoms. The fraction of sp³-hybridized carbons (Fsp3) is 0.273. The number of hydrogen-bond donors (Lipinski definition) is 1. The van der Waals surface area contributed by atoms with Crippen molar-refractivity contribution >= 4 is 34.9 Å². The van der Waals surface area contributed by atoms with Crippen LogP contribution in [0.4, 0.5) is 11.4 Å². The molecule has 19 heavy (non-hydrogen) atoms. The molecular weight excluding hydrogens is 276 g/mol. The molecule has 1 aromatic carbocycles. The van der Waals surface area contributed by atoms with E-state index in [1.807, 2.05) is 0 Å². The number of non-ortho nitro benzene ring substituents is 1. The van der Waals surface area contributed by atoms with Crippen LogP contribution in [0.5, 0.6) is 0 Å². The molecule has 0 saturated carbocycles. The molecule has 1 aliphatic heterocycles. The van der Waals surface area contributed by atoms with Crippen LogP contribution in [0.2, 0.25) is 5.02 Å². The van der Waals surface area contributed by atoms with Crippen LogP contribution in [0.25, 0.3) is 0 Å². The van der Waals surface area contributed by atoms with Gasteiger partial charge in [-0.3, -0.25) is 19.7 Å². The van der Waals surface area contributed by atoms with Gasteiger partial charge in [-0.1, -0.05) is 11.6 Å². The molecule has 1 fully saturated rings. The van der Waals surface area contributed by atoms with E-state index in [0.717, 1.165) is 6.07 Å². The highest BCUT2D eigenvalue weighted by atomic mass is 35.5. The molecule has 2 rings (SSSR count). The zero-order valence-electron chi connectivity index (χ0n) is 9.58. The SMILES string of the molecule is O=C(O)C1CC(=O)N(c2ccc([N+](=O)[O-])cc2Cl)C1. The van der Waals surface area contributed by atoms with E-state index in [1.54, 1.807) is 0 Å². The standard InChI is InChI=1S/C11H9ClN2O5/c12-8-4-7(14(18)19)1-2-9(8)13-5-6(11(16)17)3-10(13)15/h1-2,4,6H,3,5H2,(H,16,17). The first kappa shape index (κ1) is 13.3. The lowest BCUT2D eigenvalue weighted by molar-refractivity contribution is -0.384. The van der Waals surface area contributed by atoms with E-state index in [-0.39, 0.29) is 29.6 Å². The van der Waals surface area contributed by atoms with E-state index >= 15 is 0 Å². The van der Waals surface area contributed by atoms with Gasteiger partial charge in [-0.2, -0.15) is 0 Å². The first-order valence-electron chi connectivity index (χ1n) is 5.37. The van der Waals surface area contributed by atoms with Gasteiger partial charge in [-0.25, -0.2) is 0 Å². The first-order valence-corrected chi connectivity index (χ1v) is 5.75. The van der Waals surface area contributed by atoms with Gasteiger partial charge in [0.05, 0.1) is 21.6 Å². The van der Waals surface area contributed by atoms with Crippen LogP contribution in [0.3, 0.4) is 0 Å². The summed E-state index contributed by atoms with van der Waals surface area (Å²) < 4.78 is 0. The number of rotatable bonds is 3. The Morgan fingerprint density at radius 1 is 1.53 bits per heavy atom. The van der Waals surface area contributed by atoms with E-state index < -0.39 is 16.8 Å². The molecule has 1 N–H and O–H groups in total. The number of nitro groups is 1. The van der Waals surface area contributed by atoms with E-state index in [4.69, 9.17) is 16.7 Å². The minimum Gasteiger partial charge on any atom is -0.481 e. The Labute approximate surface area is 112 Å². The average molecular weight is 285 g/mol. The van der Waals surface area contributed by atoms with Gasteiger partial charge < -0.3 is 10.0 Å². The maximum absolute atomic E-state index is 11.7.